The second-order valence-electron chi connectivity index (χ2n) is 6.19. The minimum absolute atomic E-state index is 0.124. The molecule has 9 heteroatoms. The van der Waals surface area contributed by atoms with E-state index in [9.17, 15) is 4.79 Å². The zero-order valence-electron chi connectivity index (χ0n) is 14.7. The fourth-order valence-electron chi connectivity index (χ4n) is 3.13. The van der Waals surface area contributed by atoms with Crippen molar-refractivity contribution in [2.75, 3.05) is 13.2 Å². The molecule has 0 amide bonds. The number of fused-ring (bicyclic) bond motifs is 2. The molecule has 0 aliphatic carbocycles. The van der Waals surface area contributed by atoms with E-state index in [1.165, 1.54) is 11.8 Å². The number of nitrogens with one attached hydrogen (secondary N) is 1. The molecule has 0 saturated carbocycles. The SMILES string of the molecule is O=c1cc(CSc2nnnn2-c2ccc3c(c2)OCCO3)c2ccccc2[nH]1. The summed E-state index contributed by atoms with van der Waals surface area (Å²) in [7, 11) is 0. The van der Waals surface area contributed by atoms with Crippen molar-refractivity contribution in [2.24, 2.45) is 0 Å². The van der Waals surface area contributed by atoms with Crippen molar-refractivity contribution in [1.82, 2.24) is 25.2 Å². The number of tetrazole rings is 1. The van der Waals surface area contributed by atoms with Gasteiger partial charge in [-0.1, -0.05) is 30.0 Å². The molecule has 0 fully saturated rings. The van der Waals surface area contributed by atoms with Crippen LogP contribution in [0.4, 0.5) is 0 Å². The molecule has 1 aliphatic rings. The molecule has 0 spiro atoms. The summed E-state index contributed by atoms with van der Waals surface area (Å²) < 4.78 is 12.9. The molecule has 2 aromatic heterocycles. The highest BCUT2D eigenvalue weighted by molar-refractivity contribution is 7.98. The van der Waals surface area contributed by atoms with Crippen LogP contribution >= 0.6 is 11.8 Å². The van der Waals surface area contributed by atoms with Crippen LogP contribution in [0.3, 0.4) is 0 Å². The number of rotatable bonds is 4. The Morgan fingerprint density at radius 2 is 1.93 bits per heavy atom. The van der Waals surface area contributed by atoms with E-state index < -0.39 is 0 Å². The van der Waals surface area contributed by atoms with Gasteiger partial charge < -0.3 is 14.5 Å². The largest absolute Gasteiger partial charge is 0.486 e. The van der Waals surface area contributed by atoms with Gasteiger partial charge in [-0.15, -0.1) is 5.10 Å². The van der Waals surface area contributed by atoms with Crippen LogP contribution in [-0.4, -0.2) is 38.4 Å². The lowest BCUT2D eigenvalue weighted by Crippen LogP contribution is -2.15. The Morgan fingerprint density at radius 1 is 1.07 bits per heavy atom. The zero-order chi connectivity index (χ0) is 18.9. The van der Waals surface area contributed by atoms with Gasteiger partial charge in [-0.2, -0.15) is 4.68 Å². The summed E-state index contributed by atoms with van der Waals surface area (Å²) in [6.45, 7) is 1.06. The number of H-pyrrole nitrogens is 1. The average molecular weight is 393 g/mol. The predicted octanol–water partition coefficient (Wildman–Crippen LogP) is 2.57. The van der Waals surface area contributed by atoms with Gasteiger partial charge in [-0.25, -0.2) is 0 Å². The molecular weight excluding hydrogens is 378 g/mol. The summed E-state index contributed by atoms with van der Waals surface area (Å²) >= 11 is 1.46. The molecule has 28 heavy (non-hydrogen) atoms. The van der Waals surface area contributed by atoms with E-state index in [0.29, 0.717) is 35.6 Å². The molecule has 5 rings (SSSR count). The molecule has 140 valence electrons. The maximum Gasteiger partial charge on any atom is 0.248 e. The number of benzene rings is 2. The standard InChI is InChI=1S/C19H15N5O3S/c25-18-9-12(14-3-1-2-4-15(14)20-18)11-28-19-21-22-23-24(19)13-5-6-16-17(10-13)27-8-7-26-16/h1-6,9-10H,7-8,11H2,(H,20,25). The fraction of sp³-hybridized carbons (Fsp3) is 0.158. The highest BCUT2D eigenvalue weighted by atomic mass is 32.2. The van der Waals surface area contributed by atoms with Crippen LogP contribution in [0, 0.1) is 0 Å². The Hall–Kier alpha value is -3.33. The molecular formula is C19H15N5O3S. The van der Waals surface area contributed by atoms with Gasteiger partial charge in [-0.05, 0) is 34.2 Å². The van der Waals surface area contributed by atoms with Gasteiger partial charge >= 0.3 is 0 Å². The van der Waals surface area contributed by atoms with E-state index in [0.717, 1.165) is 22.2 Å². The Labute approximate surface area is 163 Å². The lowest BCUT2D eigenvalue weighted by Gasteiger charge is -2.18. The second-order valence-corrected chi connectivity index (χ2v) is 7.14. The van der Waals surface area contributed by atoms with E-state index in [-0.39, 0.29) is 5.56 Å². The summed E-state index contributed by atoms with van der Waals surface area (Å²) in [5, 5.41) is 13.7. The molecule has 0 radical (unpaired) electrons. The van der Waals surface area contributed by atoms with E-state index >= 15 is 0 Å². The number of ether oxygens (including phenoxy) is 2. The van der Waals surface area contributed by atoms with Gasteiger partial charge in [0.1, 0.15) is 13.2 Å². The number of hydrogen-bond acceptors (Lipinski definition) is 7. The van der Waals surface area contributed by atoms with Crippen LogP contribution in [-0.2, 0) is 5.75 Å². The molecule has 0 unspecified atom stereocenters. The normalized spacial score (nSPS) is 13.0. The lowest BCUT2D eigenvalue weighted by molar-refractivity contribution is 0.171. The second kappa shape index (κ2) is 7.01. The average Bonchev–Trinajstić information content (AvgIpc) is 3.20. The minimum atomic E-state index is -0.124. The molecule has 1 N–H and O–H groups in total. The van der Waals surface area contributed by atoms with E-state index in [1.54, 1.807) is 10.7 Å². The maximum atomic E-state index is 12.0. The third-order valence-corrected chi connectivity index (χ3v) is 5.37. The first-order chi connectivity index (χ1) is 13.8. The number of pyridine rings is 1. The van der Waals surface area contributed by atoms with Gasteiger partial charge in [0.25, 0.3) is 0 Å². The summed E-state index contributed by atoms with van der Waals surface area (Å²) in [5.41, 5.74) is 2.41. The molecule has 0 atom stereocenters. The van der Waals surface area contributed by atoms with Crippen LogP contribution in [0.1, 0.15) is 5.56 Å². The zero-order valence-corrected chi connectivity index (χ0v) is 15.5. The molecule has 3 heterocycles. The number of nitrogens with zero attached hydrogens (tertiary/aromatic N) is 4. The number of para-hydroxylation sites is 1. The smallest absolute Gasteiger partial charge is 0.248 e. The predicted molar refractivity (Wildman–Crippen MR) is 104 cm³/mol. The Morgan fingerprint density at radius 3 is 2.86 bits per heavy atom. The van der Waals surface area contributed by atoms with Gasteiger partial charge in [-0.3, -0.25) is 4.79 Å². The van der Waals surface area contributed by atoms with Crippen LogP contribution in [0.25, 0.3) is 16.6 Å². The van der Waals surface area contributed by atoms with Gasteiger partial charge in [0, 0.05) is 28.8 Å². The first-order valence-corrected chi connectivity index (χ1v) is 9.69. The number of thioether (sulfide) groups is 1. The first kappa shape index (κ1) is 16.8. The van der Waals surface area contributed by atoms with E-state index in [1.807, 2.05) is 42.5 Å². The topological polar surface area (TPSA) is 94.9 Å². The summed E-state index contributed by atoms with van der Waals surface area (Å²) in [6, 6.07) is 15.0. The number of hydrogen-bond donors (Lipinski definition) is 1. The fourth-order valence-corrected chi connectivity index (χ4v) is 4.02. The third kappa shape index (κ3) is 3.09. The lowest BCUT2D eigenvalue weighted by atomic mass is 10.1. The first-order valence-electron chi connectivity index (χ1n) is 8.70. The van der Waals surface area contributed by atoms with Crippen LogP contribution in [0.15, 0.2) is 58.5 Å². The Bertz CT molecular complexity index is 1220. The van der Waals surface area contributed by atoms with E-state index in [4.69, 9.17) is 9.47 Å². The van der Waals surface area contributed by atoms with Crippen LogP contribution in [0.5, 0.6) is 11.5 Å². The molecule has 1 aliphatic heterocycles. The summed E-state index contributed by atoms with van der Waals surface area (Å²) in [6.07, 6.45) is 0. The minimum Gasteiger partial charge on any atom is -0.486 e. The summed E-state index contributed by atoms with van der Waals surface area (Å²) in [5.74, 6) is 1.96. The number of aromatic nitrogens is 5. The van der Waals surface area contributed by atoms with Crippen molar-refractivity contribution in [3.63, 3.8) is 0 Å². The Kier molecular flexibility index (Phi) is 4.21. The van der Waals surface area contributed by atoms with E-state index in [2.05, 4.69) is 20.5 Å². The highest BCUT2D eigenvalue weighted by Crippen LogP contribution is 2.33. The summed E-state index contributed by atoms with van der Waals surface area (Å²) in [4.78, 5) is 14.8. The van der Waals surface area contributed by atoms with Crippen molar-refractivity contribution >= 4 is 22.7 Å². The quantitative estimate of drug-likeness (QED) is 0.533. The highest BCUT2D eigenvalue weighted by Gasteiger charge is 2.16. The molecule has 8 nitrogen and oxygen atoms in total. The Balaban J connectivity index is 1.44. The molecule has 4 aromatic rings. The van der Waals surface area contributed by atoms with Crippen molar-refractivity contribution in [1.29, 1.82) is 0 Å². The third-order valence-electron chi connectivity index (χ3n) is 4.40. The van der Waals surface area contributed by atoms with Crippen LogP contribution in [0.2, 0.25) is 0 Å². The van der Waals surface area contributed by atoms with Crippen molar-refractivity contribution in [2.45, 2.75) is 10.9 Å². The number of aromatic amines is 1. The van der Waals surface area contributed by atoms with Crippen LogP contribution < -0.4 is 15.0 Å². The van der Waals surface area contributed by atoms with Crippen molar-refractivity contribution in [3.8, 4) is 17.2 Å². The van der Waals surface area contributed by atoms with Gasteiger partial charge in [0.05, 0.1) is 5.69 Å². The van der Waals surface area contributed by atoms with Gasteiger partial charge in [0.2, 0.25) is 10.7 Å². The monoisotopic (exact) mass is 393 g/mol. The maximum absolute atomic E-state index is 12.0. The molecule has 0 saturated heterocycles. The molecule has 2 aromatic carbocycles. The van der Waals surface area contributed by atoms with Crippen molar-refractivity contribution in [3.05, 3.63) is 64.4 Å². The molecule has 0 bridgehead atoms. The van der Waals surface area contributed by atoms with Gasteiger partial charge in [0.15, 0.2) is 11.5 Å². The van der Waals surface area contributed by atoms with Crippen molar-refractivity contribution < 1.29 is 9.47 Å².